The lowest BCUT2D eigenvalue weighted by molar-refractivity contribution is -0.145. The highest BCUT2D eigenvalue weighted by Gasteiger charge is 2.60. The number of ether oxygens (including phenoxy) is 1. The van der Waals surface area contributed by atoms with E-state index in [0.29, 0.717) is 10.8 Å². The van der Waals surface area contributed by atoms with Crippen molar-refractivity contribution in [2.24, 2.45) is 52.3 Å². The van der Waals surface area contributed by atoms with E-state index in [1.54, 1.807) is 0 Å². The third-order valence-electron chi connectivity index (χ3n) is 11.3. The van der Waals surface area contributed by atoms with Crippen molar-refractivity contribution in [2.45, 2.75) is 111 Å². The van der Waals surface area contributed by atoms with Gasteiger partial charge in [-0.25, -0.2) is 0 Å². The van der Waals surface area contributed by atoms with Gasteiger partial charge in [0.05, 0.1) is 19.1 Å². The van der Waals surface area contributed by atoms with Crippen LogP contribution in [-0.4, -0.2) is 24.3 Å². The van der Waals surface area contributed by atoms with E-state index >= 15 is 0 Å². The molecule has 0 heterocycles. The molecular formula is C28H48O3. The largest absolute Gasteiger partial charge is 0.469 e. The van der Waals surface area contributed by atoms with Gasteiger partial charge in [-0.3, -0.25) is 4.79 Å². The number of rotatable bonds is 6. The lowest BCUT2D eigenvalue weighted by atomic mass is 9.44. The molecule has 0 amide bonds. The first-order valence-corrected chi connectivity index (χ1v) is 13.5. The number of carbonyl (C=O) groups is 1. The van der Waals surface area contributed by atoms with Crippen molar-refractivity contribution in [2.75, 3.05) is 7.11 Å². The van der Waals surface area contributed by atoms with Crippen LogP contribution in [0.25, 0.3) is 0 Å². The summed E-state index contributed by atoms with van der Waals surface area (Å²) in [5.41, 5.74) is 1.00. The van der Waals surface area contributed by atoms with Gasteiger partial charge in [0.1, 0.15) is 0 Å². The molecule has 4 fully saturated rings. The molecular weight excluding hydrogens is 384 g/mol. The standard InChI is InChI=1S/C28H48O3/c1-18(7-6-8-19(2)26(30)31-5)23-11-12-24-22-10-9-20-17-21(29)13-15-27(20,3)25(22)14-16-28(23,24)4/h18-25,29H,6-17H2,1-5H3/t18-,19-,20-,21-,22+,23-,24+,25+,27+,28-/m1/s1. The molecule has 0 aliphatic heterocycles. The smallest absolute Gasteiger partial charge is 0.308 e. The lowest BCUT2D eigenvalue weighted by Crippen LogP contribution is -2.54. The highest BCUT2D eigenvalue weighted by molar-refractivity contribution is 5.71. The zero-order chi connectivity index (χ0) is 22.4. The Morgan fingerprint density at radius 1 is 0.968 bits per heavy atom. The van der Waals surface area contributed by atoms with Crippen LogP contribution in [-0.2, 0) is 9.53 Å². The van der Waals surface area contributed by atoms with Crippen LogP contribution in [0.4, 0.5) is 0 Å². The molecule has 0 bridgehead atoms. The van der Waals surface area contributed by atoms with Gasteiger partial charge in [0.2, 0.25) is 0 Å². The van der Waals surface area contributed by atoms with Crippen molar-refractivity contribution < 1.29 is 14.6 Å². The molecule has 3 heteroatoms. The lowest BCUT2D eigenvalue weighted by Gasteiger charge is -2.61. The number of methoxy groups -OCH3 is 1. The molecule has 4 rings (SSSR count). The Morgan fingerprint density at radius 2 is 1.68 bits per heavy atom. The van der Waals surface area contributed by atoms with Gasteiger partial charge in [-0.15, -0.1) is 0 Å². The molecule has 10 atom stereocenters. The number of fused-ring (bicyclic) bond motifs is 5. The maximum atomic E-state index is 11.7. The Hall–Kier alpha value is -0.570. The third kappa shape index (κ3) is 4.11. The van der Waals surface area contributed by atoms with Crippen molar-refractivity contribution >= 4 is 5.97 Å². The summed E-state index contributed by atoms with van der Waals surface area (Å²) < 4.78 is 4.91. The molecule has 4 aliphatic rings. The van der Waals surface area contributed by atoms with Crippen LogP contribution in [0.15, 0.2) is 0 Å². The maximum Gasteiger partial charge on any atom is 0.308 e. The van der Waals surface area contributed by atoms with Crippen LogP contribution in [0.3, 0.4) is 0 Å². The highest BCUT2D eigenvalue weighted by atomic mass is 16.5. The highest BCUT2D eigenvalue weighted by Crippen LogP contribution is 2.68. The van der Waals surface area contributed by atoms with Crippen LogP contribution in [0, 0.1) is 52.3 Å². The predicted octanol–water partition coefficient (Wildman–Crippen LogP) is 6.62. The molecule has 0 radical (unpaired) electrons. The second kappa shape index (κ2) is 8.99. The quantitative estimate of drug-likeness (QED) is 0.480. The Bertz CT molecular complexity index is 646. The van der Waals surface area contributed by atoms with Crippen LogP contribution in [0.1, 0.15) is 105 Å². The molecule has 1 N–H and O–H groups in total. The van der Waals surface area contributed by atoms with E-state index in [1.165, 1.54) is 58.5 Å². The van der Waals surface area contributed by atoms with Gasteiger partial charge in [0.25, 0.3) is 0 Å². The molecule has 178 valence electrons. The zero-order valence-electron chi connectivity index (χ0n) is 20.9. The van der Waals surface area contributed by atoms with E-state index in [-0.39, 0.29) is 18.0 Å². The van der Waals surface area contributed by atoms with Crippen molar-refractivity contribution in [3.8, 4) is 0 Å². The summed E-state index contributed by atoms with van der Waals surface area (Å²) in [6, 6.07) is 0. The van der Waals surface area contributed by atoms with E-state index < -0.39 is 0 Å². The SMILES string of the molecule is COC(=O)[C@H](C)CCC[C@@H](C)[C@H]1CC[C@H]2[C@@H]3CC[C@@H]4C[C@H](O)CC[C@]4(C)[C@H]3CC[C@]12C. The molecule has 0 spiro atoms. The number of hydrogen-bond donors (Lipinski definition) is 1. The minimum absolute atomic E-state index is 0.0319. The minimum Gasteiger partial charge on any atom is -0.469 e. The van der Waals surface area contributed by atoms with Crippen molar-refractivity contribution in [3.05, 3.63) is 0 Å². The van der Waals surface area contributed by atoms with E-state index in [4.69, 9.17) is 4.74 Å². The van der Waals surface area contributed by atoms with Gasteiger partial charge < -0.3 is 9.84 Å². The number of hydrogen-bond acceptors (Lipinski definition) is 3. The fourth-order valence-corrected chi connectivity index (χ4v) is 9.48. The van der Waals surface area contributed by atoms with Gasteiger partial charge in [-0.2, -0.15) is 0 Å². The zero-order valence-corrected chi connectivity index (χ0v) is 20.9. The summed E-state index contributed by atoms with van der Waals surface area (Å²) in [5.74, 6) is 5.08. The first-order chi connectivity index (χ1) is 14.7. The number of esters is 1. The average Bonchev–Trinajstić information content (AvgIpc) is 3.10. The average molecular weight is 433 g/mol. The number of carbonyl (C=O) groups excluding carboxylic acids is 1. The molecule has 0 aromatic heterocycles. The molecule has 0 aromatic rings. The molecule has 0 saturated heterocycles. The van der Waals surface area contributed by atoms with E-state index in [0.717, 1.165) is 61.2 Å². The van der Waals surface area contributed by atoms with Crippen molar-refractivity contribution in [3.63, 3.8) is 0 Å². The van der Waals surface area contributed by atoms with Crippen LogP contribution < -0.4 is 0 Å². The summed E-state index contributed by atoms with van der Waals surface area (Å²) in [7, 11) is 1.50. The summed E-state index contributed by atoms with van der Waals surface area (Å²) in [6.07, 6.45) is 15.1. The molecule has 3 nitrogen and oxygen atoms in total. The first kappa shape index (κ1) is 23.6. The van der Waals surface area contributed by atoms with Crippen LogP contribution in [0.5, 0.6) is 0 Å². The minimum atomic E-state index is -0.0572. The van der Waals surface area contributed by atoms with Gasteiger partial charge in [-0.05, 0) is 111 Å². The van der Waals surface area contributed by atoms with Gasteiger partial charge in [0.15, 0.2) is 0 Å². The topological polar surface area (TPSA) is 46.5 Å². The van der Waals surface area contributed by atoms with E-state index in [9.17, 15) is 9.90 Å². The second-order valence-corrected chi connectivity index (χ2v) is 12.6. The van der Waals surface area contributed by atoms with Gasteiger partial charge >= 0.3 is 5.97 Å². The molecule has 31 heavy (non-hydrogen) atoms. The second-order valence-electron chi connectivity index (χ2n) is 12.6. The Labute approximate surface area is 191 Å². The van der Waals surface area contributed by atoms with E-state index in [2.05, 4.69) is 20.8 Å². The van der Waals surface area contributed by atoms with Crippen molar-refractivity contribution in [1.82, 2.24) is 0 Å². The maximum absolute atomic E-state index is 11.7. The Balaban J connectivity index is 1.39. The number of aliphatic hydroxyl groups excluding tert-OH is 1. The Kier molecular flexibility index (Phi) is 6.84. The van der Waals surface area contributed by atoms with Crippen molar-refractivity contribution in [1.29, 1.82) is 0 Å². The summed E-state index contributed by atoms with van der Waals surface area (Å²) in [4.78, 5) is 11.7. The summed E-state index contributed by atoms with van der Waals surface area (Å²) in [6.45, 7) is 9.75. The third-order valence-corrected chi connectivity index (χ3v) is 11.3. The van der Waals surface area contributed by atoms with Gasteiger partial charge in [0, 0.05) is 0 Å². The van der Waals surface area contributed by atoms with Crippen LogP contribution >= 0.6 is 0 Å². The number of aliphatic hydroxyl groups is 1. The normalized spacial score (nSPS) is 46.4. The fraction of sp³-hybridized carbons (Fsp3) is 0.964. The monoisotopic (exact) mass is 432 g/mol. The molecule has 0 aromatic carbocycles. The summed E-state index contributed by atoms with van der Waals surface area (Å²) >= 11 is 0. The first-order valence-electron chi connectivity index (χ1n) is 13.5. The predicted molar refractivity (Wildman–Crippen MR) is 125 cm³/mol. The summed E-state index contributed by atoms with van der Waals surface area (Å²) in [5, 5.41) is 10.3. The van der Waals surface area contributed by atoms with Crippen LogP contribution in [0.2, 0.25) is 0 Å². The van der Waals surface area contributed by atoms with Gasteiger partial charge in [-0.1, -0.05) is 40.5 Å². The molecule has 4 saturated carbocycles. The Morgan fingerprint density at radius 3 is 2.42 bits per heavy atom. The molecule has 4 aliphatic carbocycles. The fourth-order valence-electron chi connectivity index (χ4n) is 9.48. The molecule has 0 unspecified atom stereocenters. The van der Waals surface area contributed by atoms with E-state index in [1.807, 2.05) is 6.92 Å².